The van der Waals surface area contributed by atoms with Crippen LogP contribution in [-0.2, 0) is 4.79 Å². The molecule has 2 aromatic carbocycles. The molecule has 3 rings (SSSR count). The minimum Gasteiger partial charge on any atom is -0.488 e. The number of amides is 1. The first-order valence-electron chi connectivity index (χ1n) is 9.88. The lowest BCUT2D eigenvalue weighted by molar-refractivity contribution is -0.118. The van der Waals surface area contributed by atoms with Gasteiger partial charge in [-0.25, -0.2) is 4.39 Å². The third-order valence-corrected chi connectivity index (χ3v) is 4.99. The topological polar surface area (TPSA) is 65.0 Å². The summed E-state index contributed by atoms with van der Waals surface area (Å²) in [6.07, 6.45) is -0.718. The smallest absolute Gasteiger partial charge is 0.238 e. The Morgan fingerprint density at radius 1 is 1.21 bits per heavy atom. The van der Waals surface area contributed by atoms with Crippen molar-refractivity contribution in [3.05, 3.63) is 60.4 Å². The van der Waals surface area contributed by atoms with Gasteiger partial charge in [0.1, 0.15) is 12.7 Å². The van der Waals surface area contributed by atoms with Gasteiger partial charge in [0.2, 0.25) is 5.91 Å². The molecule has 7 heteroatoms. The monoisotopic (exact) mass is 401 g/mol. The van der Waals surface area contributed by atoms with Crippen LogP contribution in [-0.4, -0.2) is 72.3 Å². The van der Waals surface area contributed by atoms with Crippen LogP contribution in [0.1, 0.15) is 6.92 Å². The standard InChI is InChI=1S/C22H28FN3O3/c1-17-13-25(15-22(28)24-18-7-3-2-4-8-18)11-12-26(17)14-19(27)16-29-21-10-6-5-9-20(21)23/h2-10,17,19,27H,11-16H2,1H3,(H,24,28). The predicted molar refractivity (Wildman–Crippen MR) is 110 cm³/mol. The first-order valence-corrected chi connectivity index (χ1v) is 9.88. The van der Waals surface area contributed by atoms with E-state index in [1.165, 1.54) is 6.07 Å². The van der Waals surface area contributed by atoms with Crippen LogP contribution in [0.4, 0.5) is 10.1 Å². The van der Waals surface area contributed by atoms with Gasteiger partial charge < -0.3 is 15.2 Å². The molecule has 1 aliphatic heterocycles. The highest BCUT2D eigenvalue weighted by atomic mass is 19.1. The Bertz CT molecular complexity index is 790. The molecule has 0 saturated carbocycles. The summed E-state index contributed by atoms with van der Waals surface area (Å²) in [5.74, 6) is -0.320. The number of hydrogen-bond donors (Lipinski definition) is 2. The zero-order valence-electron chi connectivity index (χ0n) is 16.6. The molecule has 2 aromatic rings. The molecular formula is C22H28FN3O3. The van der Waals surface area contributed by atoms with Crippen molar-refractivity contribution in [2.24, 2.45) is 0 Å². The van der Waals surface area contributed by atoms with Gasteiger partial charge in [-0.15, -0.1) is 0 Å². The van der Waals surface area contributed by atoms with Crippen LogP contribution in [0.15, 0.2) is 54.6 Å². The molecule has 0 aliphatic carbocycles. The van der Waals surface area contributed by atoms with Crippen LogP contribution in [0.2, 0.25) is 0 Å². The average Bonchev–Trinajstić information content (AvgIpc) is 2.70. The third kappa shape index (κ3) is 6.52. The van der Waals surface area contributed by atoms with Crippen LogP contribution in [0, 0.1) is 5.82 Å². The van der Waals surface area contributed by atoms with Crippen LogP contribution >= 0.6 is 0 Å². The summed E-state index contributed by atoms with van der Waals surface area (Å²) in [4.78, 5) is 16.5. The summed E-state index contributed by atoms with van der Waals surface area (Å²) in [5.41, 5.74) is 0.794. The first kappa shape index (κ1) is 21.2. The number of rotatable bonds is 8. The number of aliphatic hydroxyl groups is 1. The summed E-state index contributed by atoms with van der Waals surface area (Å²) in [7, 11) is 0. The Morgan fingerprint density at radius 3 is 2.66 bits per heavy atom. The zero-order valence-corrected chi connectivity index (χ0v) is 16.6. The highest BCUT2D eigenvalue weighted by Crippen LogP contribution is 2.16. The lowest BCUT2D eigenvalue weighted by Crippen LogP contribution is -2.55. The Morgan fingerprint density at radius 2 is 1.93 bits per heavy atom. The van der Waals surface area contributed by atoms with Gasteiger partial charge in [-0.05, 0) is 31.2 Å². The van der Waals surface area contributed by atoms with Crippen LogP contribution in [0.25, 0.3) is 0 Å². The highest BCUT2D eigenvalue weighted by molar-refractivity contribution is 5.92. The molecule has 1 fully saturated rings. The maximum Gasteiger partial charge on any atom is 0.238 e. The van der Waals surface area contributed by atoms with Crippen molar-refractivity contribution in [3.63, 3.8) is 0 Å². The second-order valence-electron chi connectivity index (χ2n) is 7.39. The summed E-state index contributed by atoms with van der Waals surface area (Å²) < 4.78 is 19.0. The van der Waals surface area contributed by atoms with Crippen LogP contribution < -0.4 is 10.1 Å². The summed E-state index contributed by atoms with van der Waals surface area (Å²) >= 11 is 0. The van der Waals surface area contributed by atoms with E-state index in [-0.39, 0.29) is 24.3 Å². The van der Waals surface area contributed by atoms with Gasteiger partial charge in [0.15, 0.2) is 11.6 Å². The molecule has 156 valence electrons. The number of para-hydroxylation sites is 2. The Labute approximate surface area is 170 Å². The molecule has 1 amide bonds. The summed E-state index contributed by atoms with van der Waals surface area (Å²) in [6.45, 7) is 5.12. The van der Waals surface area contributed by atoms with Crippen molar-refractivity contribution in [3.8, 4) is 5.75 Å². The number of halogens is 1. The molecule has 0 bridgehead atoms. The molecule has 0 spiro atoms. The molecule has 1 aliphatic rings. The van der Waals surface area contributed by atoms with E-state index in [1.54, 1.807) is 18.2 Å². The second kappa shape index (κ2) is 10.3. The van der Waals surface area contributed by atoms with Gasteiger partial charge in [0.05, 0.1) is 6.54 Å². The number of nitrogens with zero attached hydrogens (tertiary/aromatic N) is 2. The van der Waals surface area contributed by atoms with E-state index in [9.17, 15) is 14.3 Å². The Balaban J connectivity index is 1.40. The fourth-order valence-corrected chi connectivity index (χ4v) is 3.48. The Hall–Kier alpha value is -2.48. The lowest BCUT2D eigenvalue weighted by Gasteiger charge is -2.40. The largest absolute Gasteiger partial charge is 0.488 e. The van der Waals surface area contributed by atoms with Crippen molar-refractivity contribution in [2.45, 2.75) is 19.1 Å². The van der Waals surface area contributed by atoms with E-state index in [1.807, 2.05) is 30.3 Å². The number of carbonyl (C=O) groups excluding carboxylic acids is 1. The number of carbonyl (C=O) groups is 1. The SMILES string of the molecule is CC1CN(CC(=O)Nc2ccccc2)CCN1CC(O)COc1ccccc1F. The van der Waals surface area contributed by atoms with Gasteiger partial charge in [-0.3, -0.25) is 14.6 Å². The molecule has 1 heterocycles. The van der Waals surface area contributed by atoms with E-state index in [0.29, 0.717) is 13.1 Å². The highest BCUT2D eigenvalue weighted by Gasteiger charge is 2.26. The van der Waals surface area contributed by atoms with E-state index >= 15 is 0 Å². The van der Waals surface area contributed by atoms with Crippen LogP contribution in [0.5, 0.6) is 5.75 Å². The normalized spacial score (nSPS) is 18.9. The molecule has 1 saturated heterocycles. The fraction of sp³-hybridized carbons (Fsp3) is 0.409. The van der Waals surface area contributed by atoms with Gasteiger partial charge >= 0.3 is 0 Å². The van der Waals surface area contributed by atoms with Gasteiger partial charge in [0, 0.05) is 37.9 Å². The van der Waals surface area contributed by atoms with Crippen molar-refractivity contribution in [2.75, 3.05) is 44.6 Å². The number of β-amino-alcohol motifs (C(OH)–C–C–N with tert-alkyl or cyclic N) is 1. The maximum atomic E-state index is 13.6. The van der Waals surface area contributed by atoms with E-state index in [2.05, 4.69) is 22.0 Å². The molecule has 6 nitrogen and oxygen atoms in total. The lowest BCUT2D eigenvalue weighted by atomic mass is 10.1. The van der Waals surface area contributed by atoms with Crippen molar-refractivity contribution >= 4 is 11.6 Å². The molecule has 0 radical (unpaired) electrons. The van der Waals surface area contributed by atoms with E-state index in [0.717, 1.165) is 25.3 Å². The van der Waals surface area contributed by atoms with Crippen molar-refractivity contribution in [1.82, 2.24) is 9.80 Å². The predicted octanol–water partition coefficient (Wildman–Crippen LogP) is 2.21. The number of nitrogens with one attached hydrogen (secondary N) is 1. The molecule has 29 heavy (non-hydrogen) atoms. The number of aliphatic hydroxyl groups excluding tert-OH is 1. The first-order chi connectivity index (χ1) is 14.0. The fourth-order valence-electron chi connectivity index (χ4n) is 3.48. The number of piperazine rings is 1. The quantitative estimate of drug-likeness (QED) is 0.710. The van der Waals surface area contributed by atoms with Gasteiger partial charge in [0.25, 0.3) is 0 Å². The third-order valence-electron chi connectivity index (χ3n) is 4.99. The number of benzene rings is 2. The minimum absolute atomic E-state index is 0.0322. The molecule has 2 unspecified atom stereocenters. The van der Waals surface area contributed by atoms with E-state index < -0.39 is 11.9 Å². The molecule has 0 aromatic heterocycles. The van der Waals surface area contributed by atoms with Gasteiger partial charge in [-0.2, -0.15) is 0 Å². The average molecular weight is 401 g/mol. The second-order valence-corrected chi connectivity index (χ2v) is 7.39. The van der Waals surface area contributed by atoms with E-state index in [4.69, 9.17) is 4.74 Å². The summed E-state index contributed by atoms with van der Waals surface area (Å²) in [5, 5.41) is 13.2. The summed E-state index contributed by atoms with van der Waals surface area (Å²) in [6, 6.07) is 15.8. The number of anilines is 1. The maximum absolute atomic E-state index is 13.6. The molecule has 2 N–H and O–H groups in total. The minimum atomic E-state index is -0.718. The Kier molecular flexibility index (Phi) is 7.57. The zero-order chi connectivity index (χ0) is 20.6. The van der Waals surface area contributed by atoms with Crippen molar-refractivity contribution in [1.29, 1.82) is 0 Å². The van der Waals surface area contributed by atoms with Gasteiger partial charge in [-0.1, -0.05) is 30.3 Å². The number of ether oxygens (including phenoxy) is 1. The van der Waals surface area contributed by atoms with Crippen LogP contribution in [0.3, 0.4) is 0 Å². The number of hydrogen-bond acceptors (Lipinski definition) is 5. The molecule has 2 atom stereocenters. The molecular weight excluding hydrogens is 373 g/mol. The van der Waals surface area contributed by atoms with Crippen molar-refractivity contribution < 1.29 is 19.0 Å².